The molecule has 2 aromatic rings. The van der Waals surface area contributed by atoms with Gasteiger partial charge in [-0.15, -0.1) is 0 Å². The number of ether oxygens (including phenoxy) is 1. The maximum Gasteiger partial charge on any atom is 0.230 e. The highest BCUT2D eigenvalue weighted by atomic mass is 16.5. The van der Waals surface area contributed by atoms with Gasteiger partial charge in [0.2, 0.25) is 5.91 Å². The molecule has 0 aliphatic carbocycles. The van der Waals surface area contributed by atoms with Crippen LogP contribution in [-0.2, 0) is 4.79 Å². The largest absolute Gasteiger partial charge is 0.490 e. The van der Waals surface area contributed by atoms with Crippen LogP contribution in [0.2, 0.25) is 0 Å². The van der Waals surface area contributed by atoms with Crippen LogP contribution in [0.25, 0.3) is 11.3 Å². The van der Waals surface area contributed by atoms with Gasteiger partial charge in [0.05, 0.1) is 11.8 Å². The van der Waals surface area contributed by atoms with Crippen molar-refractivity contribution in [3.05, 3.63) is 42.0 Å². The monoisotopic (exact) mass is 340 g/mol. The molecule has 0 spiro atoms. The fourth-order valence-electron chi connectivity index (χ4n) is 2.13. The van der Waals surface area contributed by atoms with Crippen LogP contribution < -0.4 is 10.1 Å². The van der Waals surface area contributed by atoms with Gasteiger partial charge in [-0.25, -0.2) is 4.98 Å². The Morgan fingerprint density at radius 1 is 1.20 bits per heavy atom. The first-order valence-corrected chi connectivity index (χ1v) is 8.25. The SMILES string of the molecule is CC(C)Oc1cc(C=O)ccc1-c1cccc(NC(=O)C(C)(C)C)n1. The summed E-state index contributed by atoms with van der Waals surface area (Å²) < 4.78 is 5.83. The molecule has 1 heterocycles. The summed E-state index contributed by atoms with van der Waals surface area (Å²) in [5.41, 5.74) is 1.47. The van der Waals surface area contributed by atoms with Gasteiger partial charge in [-0.05, 0) is 38.1 Å². The maximum atomic E-state index is 12.2. The Morgan fingerprint density at radius 3 is 2.52 bits per heavy atom. The van der Waals surface area contributed by atoms with Crippen LogP contribution in [0.4, 0.5) is 5.82 Å². The van der Waals surface area contributed by atoms with Gasteiger partial charge in [-0.2, -0.15) is 0 Å². The van der Waals surface area contributed by atoms with Crippen LogP contribution in [0.5, 0.6) is 5.75 Å². The zero-order chi connectivity index (χ0) is 18.6. The molecule has 0 radical (unpaired) electrons. The molecule has 0 saturated heterocycles. The predicted octanol–water partition coefficient (Wildman–Crippen LogP) is 4.33. The molecule has 1 aromatic carbocycles. The fraction of sp³-hybridized carbons (Fsp3) is 0.350. The number of nitrogens with one attached hydrogen (secondary N) is 1. The van der Waals surface area contributed by atoms with E-state index >= 15 is 0 Å². The summed E-state index contributed by atoms with van der Waals surface area (Å²) in [6.45, 7) is 9.38. The second-order valence-corrected chi connectivity index (χ2v) is 7.15. The van der Waals surface area contributed by atoms with E-state index in [9.17, 15) is 9.59 Å². The highest BCUT2D eigenvalue weighted by Gasteiger charge is 2.21. The number of carbonyl (C=O) groups excluding carboxylic acids is 2. The smallest absolute Gasteiger partial charge is 0.230 e. The van der Waals surface area contributed by atoms with E-state index in [1.165, 1.54) is 0 Å². The predicted molar refractivity (Wildman–Crippen MR) is 98.9 cm³/mol. The molecule has 1 N–H and O–H groups in total. The molecule has 132 valence electrons. The van der Waals surface area contributed by atoms with Gasteiger partial charge >= 0.3 is 0 Å². The van der Waals surface area contributed by atoms with Crippen LogP contribution in [-0.4, -0.2) is 23.3 Å². The molecule has 1 aromatic heterocycles. The standard InChI is InChI=1S/C20H24N2O3/c1-13(2)25-17-11-14(12-23)9-10-15(17)16-7-6-8-18(21-16)22-19(24)20(3,4)5/h6-13H,1-5H3,(H,21,22,24). The number of anilines is 1. The summed E-state index contributed by atoms with van der Waals surface area (Å²) in [6.07, 6.45) is 0.745. The lowest BCUT2D eigenvalue weighted by atomic mass is 9.96. The van der Waals surface area contributed by atoms with Crippen molar-refractivity contribution >= 4 is 18.0 Å². The Labute approximate surface area is 148 Å². The Kier molecular flexibility index (Phi) is 5.57. The number of rotatable bonds is 5. The first-order valence-electron chi connectivity index (χ1n) is 8.25. The average Bonchev–Trinajstić information content (AvgIpc) is 2.53. The van der Waals surface area contributed by atoms with E-state index in [4.69, 9.17) is 4.74 Å². The number of hydrogen-bond acceptors (Lipinski definition) is 4. The first kappa shape index (κ1) is 18.6. The molecular weight excluding hydrogens is 316 g/mol. The number of nitrogens with zero attached hydrogens (tertiary/aromatic N) is 1. The van der Waals surface area contributed by atoms with E-state index in [-0.39, 0.29) is 12.0 Å². The van der Waals surface area contributed by atoms with E-state index in [0.717, 1.165) is 11.8 Å². The van der Waals surface area contributed by atoms with E-state index in [2.05, 4.69) is 10.3 Å². The third kappa shape index (κ3) is 4.89. The number of aldehydes is 1. The Morgan fingerprint density at radius 2 is 1.92 bits per heavy atom. The quantitative estimate of drug-likeness (QED) is 0.823. The van der Waals surface area contributed by atoms with Crippen molar-refractivity contribution in [1.82, 2.24) is 4.98 Å². The summed E-state index contributed by atoms with van der Waals surface area (Å²) in [4.78, 5) is 27.7. The van der Waals surface area contributed by atoms with Gasteiger partial charge in [0.15, 0.2) is 0 Å². The van der Waals surface area contributed by atoms with Crippen molar-refractivity contribution in [2.24, 2.45) is 5.41 Å². The highest BCUT2D eigenvalue weighted by molar-refractivity contribution is 5.94. The molecule has 0 unspecified atom stereocenters. The molecule has 0 bridgehead atoms. The van der Waals surface area contributed by atoms with Gasteiger partial charge in [0, 0.05) is 16.5 Å². The molecule has 0 fully saturated rings. The third-order valence-corrected chi connectivity index (χ3v) is 3.45. The van der Waals surface area contributed by atoms with E-state index in [1.54, 1.807) is 24.3 Å². The van der Waals surface area contributed by atoms with Crippen LogP contribution in [0, 0.1) is 5.41 Å². The first-order chi connectivity index (χ1) is 11.7. The molecule has 1 amide bonds. The minimum Gasteiger partial charge on any atom is -0.490 e. The Balaban J connectivity index is 2.40. The molecular formula is C20H24N2O3. The van der Waals surface area contributed by atoms with Gasteiger partial charge in [0.25, 0.3) is 0 Å². The molecule has 0 aliphatic rings. The lowest BCUT2D eigenvalue weighted by molar-refractivity contribution is -0.123. The molecule has 5 nitrogen and oxygen atoms in total. The van der Waals surface area contributed by atoms with Gasteiger partial charge < -0.3 is 10.1 Å². The number of aromatic nitrogens is 1. The molecule has 25 heavy (non-hydrogen) atoms. The van der Waals surface area contributed by atoms with E-state index < -0.39 is 5.41 Å². The normalized spacial score (nSPS) is 11.3. The van der Waals surface area contributed by atoms with Crippen LogP contribution in [0.1, 0.15) is 45.0 Å². The van der Waals surface area contributed by atoms with Gasteiger partial charge in [-0.1, -0.05) is 32.9 Å². The maximum absolute atomic E-state index is 12.2. The number of pyridine rings is 1. The number of amides is 1. The van der Waals surface area contributed by atoms with Crippen LogP contribution >= 0.6 is 0 Å². The summed E-state index contributed by atoms with van der Waals surface area (Å²) in [5.74, 6) is 0.964. The molecule has 0 atom stereocenters. The second-order valence-electron chi connectivity index (χ2n) is 7.15. The van der Waals surface area contributed by atoms with E-state index in [0.29, 0.717) is 22.8 Å². The van der Waals surface area contributed by atoms with Crippen LogP contribution in [0.3, 0.4) is 0 Å². The minimum absolute atomic E-state index is 0.0376. The van der Waals surface area contributed by atoms with Crippen LogP contribution in [0.15, 0.2) is 36.4 Å². The summed E-state index contributed by atoms with van der Waals surface area (Å²) in [5, 5.41) is 2.83. The van der Waals surface area contributed by atoms with Crippen molar-refractivity contribution in [3.63, 3.8) is 0 Å². The number of carbonyl (C=O) groups is 2. The molecule has 0 saturated carbocycles. The average molecular weight is 340 g/mol. The molecule has 2 rings (SSSR count). The van der Waals surface area contributed by atoms with Gasteiger partial charge in [-0.3, -0.25) is 9.59 Å². The second kappa shape index (κ2) is 7.47. The molecule has 5 heteroatoms. The summed E-state index contributed by atoms with van der Waals surface area (Å²) >= 11 is 0. The zero-order valence-corrected chi connectivity index (χ0v) is 15.3. The number of hydrogen-bond donors (Lipinski definition) is 1. The Bertz CT molecular complexity index is 777. The zero-order valence-electron chi connectivity index (χ0n) is 15.3. The van der Waals surface area contributed by atoms with Crippen molar-refractivity contribution in [1.29, 1.82) is 0 Å². The third-order valence-electron chi connectivity index (χ3n) is 3.45. The van der Waals surface area contributed by atoms with Crippen molar-refractivity contribution in [3.8, 4) is 17.0 Å². The van der Waals surface area contributed by atoms with Crippen molar-refractivity contribution < 1.29 is 14.3 Å². The highest BCUT2D eigenvalue weighted by Crippen LogP contribution is 2.31. The van der Waals surface area contributed by atoms with Crippen molar-refractivity contribution in [2.75, 3.05) is 5.32 Å². The van der Waals surface area contributed by atoms with E-state index in [1.807, 2.05) is 46.8 Å². The minimum atomic E-state index is -0.505. The summed E-state index contributed by atoms with van der Waals surface area (Å²) in [6, 6.07) is 10.6. The summed E-state index contributed by atoms with van der Waals surface area (Å²) in [7, 11) is 0. The topological polar surface area (TPSA) is 68.3 Å². The van der Waals surface area contributed by atoms with Gasteiger partial charge in [0.1, 0.15) is 17.9 Å². The molecule has 0 aliphatic heterocycles. The lowest BCUT2D eigenvalue weighted by Gasteiger charge is -2.18. The van der Waals surface area contributed by atoms with Crippen molar-refractivity contribution in [2.45, 2.75) is 40.7 Å². The number of benzene rings is 1. The Hall–Kier alpha value is -2.69. The fourth-order valence-corrected chi connectivity index (χ4v) is 2.13. The lowest BCUT2D eigenvalue weighted by Crippen LogP contribution is -2.28.